The zero-order chi connectivity index (χ0) is 35.2. The van der Waals surface area contributed by atoms with Crippen molar-refractivity contribution in [2.75, 3.05) is 6.61 Å². The monoisotopic (exact) mass is 695 g/mol. The Bertz CT molecular complexity index is 1220. The van der Waals surface area contributed by atoms with Crippen LogP contribution in [0.25, 0.3) is 0 Å². The van der Waals surface area contributed by atoms with Gasteiger partial charge in [-0.05, 0) is 26.8 Å². The molecule has 0 aromatic carbocycles. The molecule has 274 valence electrons. The Morgan fingerprint density at radius 1 is 0.646 bits per heavy atom. The molecule has 0 amide bonds. The molecule has 4 saturated heterocycles. The molecule has 0 saturated carbocycles. The van der Waals surface area contributed by atoms with Gasteiger partial charge in [0.05, 0.1) is 24.9 Å². The Morgan fingerprint density at radius 3 is 1.69 bits per heavy atom. The number of nitrogens with one attached hydrogen (secondary N) is 1. The minimum atomic E-state index is -1.78. The molecule has 5 rings (SSSR count). The van der Waals surface area contributed by atoms with Crippen LogP contribution in [0.15, 0.2) is 12.3 Å². The zero-order valence-electron chi connectivity index (χ0n) is 26.5. The van der Waals surface area contributed by atoms with Crippen molar-refractivity contribution < 1.29 is 88.6 Å². The molecule has 4 fully saturated rings. The number of carbonyl (C=O) groups excluding carboxylic acids is 1. The highest BCUT2D eigenvalue weighted by Gasteiger charge is 2.54. The van der Waals surface area contributed by atoms with E-state index in [-0.39, 0.29) is 17.2 Å². The fraction of sp³-hybridized carbons (Fsp3) is 0.828. The summed E-state index contributed by atoms with van der Waals surface area (Å²) >= 11 is 0. The molecular weight excluding hydrogens is 650 g/mol. The van der Waals surface area contributed by atoms with Crippen molar-refractivity contribution in [3.8, 4) is 5.75 Å². The van der Waals surface area contributed by atoms with E-state index in [2.05, 4.69) is 4.98 Å². The van der Waals surface area contributed by atoms with Gasteiger partial charge < -0.3 is 88.8 Å². The molecule has 5 heterocycles. The van der Waals surface area contributed by atoms with E-state index in [1.807, 2.05) is 0 Å². The fourth-order valence-corrected chi connectivity index (χ4v) is 6.02. The van der Waals surface area contributed by atoms with Crippen LogP contribution in [0.1, 0.15) is 38.2 Å². The minimum Gasteiger partial charge on any atom is -0.460 e. The largest absolute Gasteiger partial charge is 0.460 e. The lowest BCUT2D eigenvalue weighted by molar-refractivity contribution is -0.384. The van der Waals surface area contributed by atoms with Crippen LogP contribution >= 0.6 is 0 Å². The lowest BCUT2D eigenvalue weighted by Gasteiger charge is -2.48. The SMILES string of the molecule is CC(=O)c1[nH]ccc1OC1OC(C)C(OC2OCC(O)C(O)C2OC2OC(C)C(O)C(O)C2O)C(O)C1OC1OC(C)C(O)C(O)C1O. The van der Waals surface area contributed by atoms with E-state index in [0.717, 1.165) is 0 Å². The van der Waals surface area contributed by atoms with Crippen LogP contribution in [-0.2, 0) is 33.2 Å². The fourth-order valence-electron chi connectivity index (χ4n) is 6.02. The van der Waals surface area contributed by atoms with Gasteiger partial charge in [0.25, 0.3) is 0 Å². The van der Waals surface area contributed by atoms with Crippen molar-refractivity contribution in [3.05, 3.63) is 18.0 Å². The first-order valence-corrected chi connectivity index (χ1v) is 15.6. The van der Waals surface area contributed by atoms with Crippen molar-refractivity contribution in [3.63, 3.8) is 0 Å². The number of carbonyl (C=O) groups is 1. The van der Waals surface area contributed by atoms with Crippen LogP contribution in [-0.4, -0.2) is 180 Å². The van der Waals surface area contributed by atoms with Crippen LogP contribution in [0.5, 0.6) is 5.75 Å². The van der Waals surface area contributed by atoms with E-state index >= 15 is 0 Å². The summed E-state index contributed by atoms with van der Waals surface area (Å²) in [5.74, 6) is -0.331. The molecule has 19 nitrogen and oxygen atoms in total. The third kappa shape index (κ3) is 7.42. The van der Waals surface area contributed by atoms with Gasteiger partial charge in [-0.1, -0.05) is 0 Å². The third-order valence-corrected chi connectivity index (χ3v) is 8.98. The van der Waals surface area contributed by atoms with Crippen molar-refractivity contribution in [2.45, 2.75) is 144 Å². The van der Waals surface area contributed by atoms with E-state index in [1.165, 1.54) is 40.0 Å². The van der Waals surface area contributed by atoms with E-state index in [1.54, 1.807) is 0 Å². The number of aliphatic hydroxyl groups is 9. The Labute approximate surface area is 274 Å². The van der Waals surface area contributed by atoms with Gasteiger partial charge in [0, 0.05) is 13.1 Å². The second kappa shape index (κ2) is 15.2. The summed E-state index contributed by atoms with van der Waals surface area (Å²) in [7, 11) is 0. The maximum absolute atomic E-state index is 12.1. The number of ketones is 1. The number of aromatic amines is 1. The number of rotatable bonds is 9. The van der Waals surface area contributed by atoms with Crippen LogP contribution in [0, 0.1) is 0 Å². The molecule has 0 radical (unpaired) electrons. The molecule has 0 bridgehead atoms. The second-order valence-corrected chi connectivity index (χ2v) is 12.5. The molecule has 4 aliphatic heterocycles. The first-order chi connectivity index (χ1) is 22.6. The van der Waals surface area contributed by atoms with Gasteiger partial charge >= 0.3 is 0 Å². The Kier molecular flexibility index (Phi) is 11.8. The summed E-state index contributed by atoms with van der Waals surface area (Å²) in [5, 5.41) is 94.8. The van der Waals surface area contributed by atoms with Crippen molar-refractivity contribution in [2.24, 2.45) is 0 Å². The van der Waals surface area contributed by atoms with Crippen LogP contribution in [0.4, 0.5) is 0 Å². The second-order valence-electron chi connectivity index (χ2n) is 12.5. The number of ether oxygens (including phenoxy) is 8. The molecule has 1 aromatic rings. The van der Waals surface area contributed by atoms with Gasteiger partial charge in [-0.15, -0.1) is 0 Å². The summed E-state index contributed by atoms with van der Waals surface area (Å²) in [6.07, 6.45) is -27.1. The average Bonchev–Trinajstić information content (AvgIpc) is 3.51. The molecule has 19 unspecified atom stereocenters. The summed E-state index contributed by atoms with van der Waals surface area (Å²) in [5.41, 5.74) is 0.0844. The number of aliphatic hydroxyl groups excluding tert-OH is 9. The number of Topliss-reactive ketones (excluding diaryl/α,β-unsaturated/α-hetero) is 1. The van der Waals surface area contributed by atoms with Crippen LogP contribution in [0.2, 0.25) is 0 Å². The maximum Gasteiger partial charge on any atom is 0.229 e. The Balaban J connectivity index is 1.39. The number of H-pyrrole nitrogens is 1. The summed E-state index contributed by atoms with van der Waals surface area (Å²) in [4.78, 5) is 14.9. The molecule has 0 aliphatic carbocycles. The van der Waals surface area contributed by atoms with E-state index in [9.17, 15) is 50.8 Å². The van der Waals surface area contributed by atoms with Crippen LogP contribution in [0.3, 0.4) is 0 Å². The van der Waals surface area contributed by atoms with Gasteiger partial charge in [0.2, 0.25) is 6.29 Å². The highest BCUT2D eigenvalue weighted by atomic mass is 16.8. The van der Waals surface area contributed by atoms with E-state index in [0.29, 0.717) is 0 Å². The highest BCUT2D eigenvalue weighted by molar-refractivity contribution is 5.94. The number of hydrogen-bond donors (Lipinski definition) is 10. The predicted molar refractivity (Wildman–Crippen MR) is 153 cm³/mol. The number of aromatic nitrogens is 1. The normalized spacial score (nSPS) is 48.6. The summed E-state index contributed by atoms with van der Waals surface area (Å²) in [6.45, 7) is 5.20. The topological polar surface area (TPSA) is 289 Å². The minimum absolute atomic E-state index is 0.0440. The molecule has 19 atom stereocenters. The molecule has 48 heavy (non-hydrogen) atoms. The van der Waals surface area contributed by atoms with Crippen molar-refractivity contribution in [1.82, 2.24) is 4.98 Å². The quantitative estimate of drug-likeness (QED) is 0.109. The first-order valence-electron chi connectivity index (χ1n) is 15.6. The third-order valence-electron chi connectivity index (χ3n) is 8.98. The molecule has 0 spiro atoms. The molecule has 1 aromatic heterocycles. The number of hydrogen-bond acceptors (Lipinski definition) is 18. The predicted octanol–water partition coefficient (Wildman–Crippen LogP) is -4.41. The lowest BCUT2D eigenvalue weighted by Crippen LogP contribution is -2.66. The molecule has 4 aliphatic rings. The van der Waals surface area contributed by atoms with Gasteiger partial charge in [0.15, 0.2) is 36.5 Å². The van der Waals surface area contributed by atoms with Gasteiger partial charge in [-0.3, -0.25) is 4.79 Å². The highest BCUT2D eigenvalue weighted by Crippen LogP contribution is 2.35. The maximum atomic E-state index is 12.1. The van der Waals surface area contributed by atoms with Crippen LogP contribution < -0.4 is 4.74 Å². The van der Waals surface area contributed by atoms with Gasteiger partial charge in [0.1, 0.15) is 72.8 Å². The van der Waals surface area contributed by atoms with Crippen molar-refractivity contribution in [1.29, 1.82) is 0 Å². The Hall–Kier alpha value is -1.89. The smallest absolute Gasteiger partial charge is 0.229 e. The molecular formula is C29H45NO18. The lowest BCUT2D eigenvalue weighted by atomic mass is 9.97. The standard InChI is InChI=1S/C29H45NO18/c1-8(31)14-13(5-6-30-14)45-29-25(48-27-21(39)19(37)16(34)10(3)43-27)22(40)23(11(4)44-29)46-28-24(17(35)12(32)7-41-28)47-26-20(38)18(36)15(33)9(2)42-26/h5-6,9-12,15-30,32-40H,7H2,1-4H3. The van der Waals surface area contributed by atoms with E-state index < -0.39 is 123 Å². The first kappa shape index (κ1) is 37.4. The zero-order valence-corrected chi connectivity index (χ0v) is 26.5. The summed E-state index contributed by atoms with van der Waals surface area (Å²) in [6, 6.07) is 1.44. The van der Waals surface area contributed by atoms with Crippen molar-refractivity contribution >= 4 is 5.78 Å². The van der Waals surface area contributed by atoms with E-state index in [4.69, 9.17) is 37.9 Å². The van der Waals surface area contributed by atoms with Gasteiger partial charge in [-0.25, -0.2) is 0 Å². The Morgan fingerprint density at radius 2 is 1.15 bits per heavy atom. The van der Waals surface area contributed by atoms with Gasteiger partial charge in [-0.2, -0.15) is 0 Å². The molecule has 19 heteroatoms. The summed E-state index contributed by atoms with van der Waals surface area (Å²) < 4.78 is 46.4. The average molecular weight is 696 g/mol. The molecule has 10 N–H and O–H groups in total.